The highest BCUT2D eigenvalue weighted by molar-refractivity contribution is 5.56. The Morgan fingerprint density at radius 2 is 2.25 bits per heavy atom. The molecule has 0 aromatic carbocycles. The molecule has 1 rings (SSSR count). The number of nitriles is 1. The molecule has 5 nitrogen and oxygen atoms in total. The predicted molar refractivity (Wildman–Crippen MR) is 60.0 cm³/mol. The summed E-state index contributed by atoms with van der Waals surface area (Å²) >= 11 is 0. The van der Waals surface area contributed by atoms with Gasteiger partial charge in [0.1, 0.15) is 11.9 Å². The van der Waals surface area contributed by atoms with Crippen molar-refractivity contribution < 1.29 is 10.2 Å². The molecule has 0 amide bonds. The molecule has 0 aliphatic carbocycles. The third kappa shape index (κ3) is 2.92. The highest BCUT2D eigenvalue weighted by Gasteiger charge is 2.09. The third-order valence-electron chi connectivity index (χ3n) is 2.17. The highest BCUT2D eigenvalue weighted by Crippen LogP contribution is 2.17. The molecular weight excluding hydrogens is 206 g/mol. The summed E-state index contributed by atoms with van der Waals surface area (Å²) in [7, 11) is 0. The Hall–Kier alpha value is -1.64. The minimum absolute atomic E-state index is 0.168. The second kappa shape index (κ2) is 5.45. The third-order valence-corrected chi connectivity index (χ3v) is 2.17. The number of nitrogens with zero attached hydrogens (tertiary/aromatic N) is 2. The first-order valence-corrected chi connectivity index (χ1v) is 4.99. The maximum absolute atomic E-state index is 9.20. The van der Waals surface area contributed by atoms with E-state index < -0.39 is 6.10 Å². The summed E-state index contributed by atoms with van der Waals surface area (Å²) in [6.45, 7) is 3.52. The van der Waals surface area contributed by atoms with Crippen molar-refractivity contribution in [1.29, 1.82) is 5.26 Å². The summed E-state index contributed by atoms with van der Waals surface area (Å²) in [6.07, 6.45) is -0.853. The molecule has 16 heavy (non-hydrogen) atoms. The quantitative estimate of drug-likeness (QED) is 0.682. The topological polar surface area (TPSA) is 89.2 Å². The molecule has 1 unspecified atom stereocenters. The first-order valence-electron chi connectivity index (χ1n) is 4.99. The molecule has 1 atom stereocenters. The van der Waals surface area contributed by atoms with Crippen LogP contribution in [0.3, 0.4) is 0 Å². The SMILES string of the molecule is Cc1cc(C)c(C#N)c(NCC(O)CO)n1. The Morgan fingerprint density at radius 3 is 2.81 bits per heavy atom. The van der Waals surface area contributed by atoms with E-state index in [1.54, 1.807) is 0 Å². The van der Waals surface area contributed by atoms with E-state index in [1.807, 2.05) is 19.9 Å². The second-order valence-electron chi connectivity index (χ2n) is 3.63. The summed E-state index contributed by atoms with van der Waals surface area (Å²) < 4.78 is 0. The van der Waals surface area contributed by atoms with E-state index in [-0.39, 0.29) is 13.2 Å². The van der Waals surface area contributed by atoms with Crippen molar-refractivity contribution in [2.75, 3.05) is 18.5 Å². The van der Waals surface area contributed by atoms with Gasteiger partial charge >= 0.3 is 0 Å². The molecule has 0 saturated carbocycles. The number of nitrogens with one attached hydrogen (secondary N) is 1. The fourth-order valence-electron chi connectivity index (χ4n) is 1.38. The van der Waals surface area contributed by atoms with Crippen LogP contribution in [0.25, 0.3) is 0 Å². The lowest BCUT2D eigenvalue weighted by molar-refractivity contribution is 0.105. The number of aryl methyl sites for hydroxylation is 2. The van der Waals surface area contributed by atoms with Gasteiger partial charge in [0.05, 0.1) is 18.3 Å². The summed E-state index contributed by atoms with van der Waals surface area (Å²) in [5.41, 5.74) is 2.12. The maximum atomic E-state index is 9.20. The number of aliphatic hydroxyl groups is 2. The molecule has 0 fully saturated rings. The van der Waals surface area contributed by atoms with Crippen molar-refractivity contribution in [2.45, 2.75) is 20.0 Å². The van der Waals surface area contributed by atoms with E-state index in [1.165, 1.54) is 0 Å². The molecule has 0 aliphatic rings. The minimum atomic E-state index is -0.853. The van der Waals surface area contributed by atoms with Gasteiger partial charge in [-0.2, -0.15) is 5.26 Å². The van der Waals surface area contributed by atoms with Crippen LogP contribution in [0, 0.1) is 25.2 Å². The number of rotatable bonds is 4. The molecule has 3 N–H and O–H groups in total. The lowest BCUT2D eigenvalue weighted by Crippen LogP contribution is -2.24. The number of hydrogen-bond acceptors (Lipinski definition) is 5. The van der Waals surface area contributed by atoms with Gasteiger partial charge in [-0.15, -0.1) is 0 Å². The number of pyridine rings is 1. The summed E-state index contributed by atoms with van der Waals surface area (Å²) in [5.74, 6) is 0.451. The molecule has 0 saturated heterocycles. The average molecular weight is 221 g/mol. The van der Waals surface area contributed by atoms with Crippen LogP contribution < -0.4 is 5.32 Å². The Balaban J connectivity index is 2.91. The monoisotopic (exact) mass is 221 g/mol. The Morgan fingerprint density at radius 1 is 1.56 bits per heavy atom. The molecule has 1 aromatic rings. The largest absolute Gasteiger partial charge is 0.394 e. The molecule has 1 heterocycles. The van der Waals surface area contributed by atoms with Gasteiger partial charge in [0.15, 0.2) is 0 Å². The molecule has 86 valence electrons. The van der Waals surface area contributed by atoms with E-state index in [9.17, 15) is 5.11 Å². The Bertz CT molecular complexity index is 412. The second-order valence-corrected chi connectivity index (χ2v) is 3.63. The molecule has 0 radical (unpaired) electrons. The van der Waals surface area contributed by atoms with Crippen molar-refractivity contribution in [3.8, 4) is 6.07 Å². The highest BCUT2D eigenvalue weighted by atomic mass is 16.3. The van der Waals surface area contributed by atoms with Gasteiger partial charge in [0, 0.05) is 12.2 Å². The zero-order valence-electron chi connectivity index (χ0n) is 9.36. The lowest BCUT2D eigenvalue weighted by Gasteiger charge is -2.12. The summed E-state index contributed by atoms with van der Waals surface area (Å²) in [4.78, 5) is 4.18. The van der Waals surface area contributed by atoms with Gasteiger partial charge in [0.25, 0.3) is 0 Å². The van der Waals surface area contributed by atoms with Crippen molar-refractivity contribution in [2.24, 2.45) is 0 Å². The van der Waals surface area contributed by atoms with Crippen molar-refractivity contribution in [1.82, 2.24) is 4.98 Å². The van der Waals surface area contributed by atoms with Crippen LogP contribution in [-0.2, 0) is 0 Å². The lowest BCUT2D eigenvalue weighted by atomic mass is 10.1. The van der Waals surface area contributed by atoms with Crippen LogP contribution in [0.4, 0.5) is 5.82 Å². The van der Waals surface area contributed by atoms with Gasteiger partial charge in [-0.3, -0.25) is 0 Å². The standard InChI is InChI=1S/C11H15N3O2/c1-7-3-8(2)14-11(10(7)4-12)13-5-9(16)6-15/h3,9,15-16H,5-6H2,1-2H3,(H,13,14). The van der Waals surface area contributed by atoms with Crippen molar-refractivity contribution >= 4 is 5.82 Å². The van der Waals surface area contributed by atoms with Crippen LogP contribution in [-0.4, -0.2) is 34.5 Å². The summed E-state index contributed by atoms with van der Waals surface area (Å²) in [5, 5.41) is 29.7. The van der Waals surface area contributed by atoms with Gasteiger partial charge < -0.3 is 15.5 Å². The fourth-order valence-corrected chi connectivity index (χ4v) is 1.38. The van der Waals surface area contributed by atoms with Crippen LogP contribution in [0.2, 0.25) is 0 Å². The van der Waals surface area contributed by atoms with Crippen molar-refractivity contribution in [3.05, 3.63) is 22.9 Å². The molecule has 5 heteroatoms. The number of aromatic nitrogens is 1. The van der Waals surface area contributed by atoms with E-state index in [0.717, 1.165) is 11.3 Å². The molecular formula is C11H15N3O2. The number of aliphatic hydroxyl groups excluding tert-OH is 2. The van der Waals surface area contributed by atoms with E-state index in [0.29, 0.717) is 11.4 Å². The zero-order chi connectivity index (χ0) is 12.1. The minimum Gasteiger partial charge on any atom is -0.394 e. The summed E-state index contributed by atoms with van der Waals surface area (Å²) in [6, 6.07) is 3.89. The molecule has 0 spiro atoms. The first kappa shape index (κ1) is 12.4. The van der Waals surface area contributed by atoms with E-state index in [4.69, 9.17) is 10.4 Å². The zero-order valence-corrected chi connectivity index (χ0v) is 9.36. The van der Waals surface area contributed by atoms with Crippen LogP contribution in [0.1, 0.15) is 16.8 Å². The fraction of sp³-hybridized carbons (Fsp3) is 0.455. The van der Waals surface area contributed by atoms with Crippen LogP contribution in [0.5, 0.6) is 0 Å². The predicted octanol–water partition coefficient (Wildman–Crippen LogP) is 0.335. The average Bonchev–Trinajstić information content (AvgIpc) is 2.25. The number of hydrogen-bond donors (Lipinski definition) is 3. The van der Waals surface area contributed by atoms with Crippen LogP contribution in [0.15, 0.2) is 6.07 Å². The Labute approximate surface area is 94.4 Å². The normalized spacial score (nSPS) is 11.9. The van der Waals surface area contributed by atoms with Crippen molar-refractivity contribution in [3.63, 3.8) is 0 Å². The maximum Gasteiger partial charge on any atom is 0.144 e. The first-order chi connectivity index (χ1) is 7.58. The van der Waals surface area contributed by atoms with E-state index >= 15 is 0 Å². The van der Waals surface area contributed by atoms with E-state index in [2.05, 4.69) is 16.4 Å². The molecule has 0 bridgehead atoms. The van der Waals surface area contributed by atoms with Gasteiger partial charge in [-0.05, 0) is 25.5 Å². The smallest absolute Gasteiger partial charge is 0.144 e. The van der Waals surface area contributed by atoms with Gasteiger partial charge in [0.2, 0.25) is 0 Å². The number of anilines is 1. The van der Waals surface area contributed by atoms with Gasteiger partial charge in [-0.1, -0.05) is 0 Å². The van der Waals surface area contributed by atoms with Crippen LogP contribution >= 0.6 is 0 Å². The molecule has 0 aliphatic heterocycles. The molecule has 1 aromatic heterocycles. The Kier molecular flexibility index (Phi) is 4.23. The van der Waals surface area contributed by atoms with Gasteiger partial charge in [-0.25, -0.2) is 4.98 Å².